The van der Waals surface area contributed by atoms with Gasteiger partial charge in [0.2, 0.25) is 5.91 Å². The molecule has 0 fully saturated rings. The number of halogens is 3. The predicted octanol–water partition coefficient (Wildman–Crippen LogP) is 4.03. The summed E-state index contributed by atoms with van der Waals surface area (Å²) in [4.78, 5) is 24.1. The van der Waals surface area contributed by atoms with Crippen LogP contribution < -0.4 is 5.32 Å². The quantitative estimate of drug-likeness (QED) is 0.491. The fourth-order valence-electron chi connectivity index (χ4n) is 2.07. The second-order valence-electron chi connectivity index (χ2n) is 5.32. The third-order valence-electron chi connectivity index (χ3n) is 3.34. The van der Waals surface area contributed by atoms with E-state index in [-0.39, 0.29) is 22.5 Å². The molecule has 0 aliphatic carbocycles. The lowest BCUT2D eigenvalue weighted by Gasteiger charge is -2.10. The van der Waals surface area contributed by atoms with E-state index in [1.165, 1.54) is 11.3 Å². The number of rotatable bonds is 6. The molecule has 0 radical (unpaired) electrons. The van der Waals surface area contributed by atoms with Crippen molar-refractivity contribution in [1.82, 2.24) is 20.3 Å². The summed E-state index contributed by atoms with van der Waals surface area (Å²) in [5.41, 5.74) is 0.0336. The van der Waals surface area contributed by atoms with Crippen molar-refractivity contribution < 1.29 is 18.0 Å². The Bertz CT molecular complexity index is 902. The second kappa shape index (κ2) is 8.49. The maximum absolute atomic E-state index is 13.1. The minimum absolute atomic E-state index is 0.0870. The summed E-state index contributed by atoms with van der Waals surface area (Å²) in [6.07, 6.45) is -1.37. The molecule has 3 heterocycles. The van der Waals surface area contributed by atoms with Gasteiger partial charge in [-0.25, -0.2) is 9.97 Å². The first kappa shape index (κ1) is 19.3. The van der Waals surface area contributed by atoms with E-state index in [9.17, 15) is 18.0 Å². The van der Waals surface area contributed by atoms with Gasteiger partial charge in [-0.1, -0.05) is 17.8 Å². The monoisotopic (exact) mass is 410 g/mol. The highest BCUT2D eigenvalue weighted by Crippen LogP contribution is 2.33. The molecule has 0 aliphatic rings. The average Bonchev–Trinajstić information content (AvgIpc) is 3.19. The molecule has 0 spiro atoms. The first-order valence-electron chi connectivity index (χ1n) is 7.70. The zero-order valence-electron chi connectivity index (χ0n) is 13.7. The summed E-state index contributed by atoms with van der Waals surface area (Å²) in [5, 5.41) is 4.36. The van der Waals surface area contributed by atoms with Crippen molar-refractivity contribution >= 4 is 29.0 Å². The van der Waals surface area contributed by atoms with Crippen LogP contribution in [0.1, 0.15) is 11.3 Å². The third kappa shape index (κ3) is 5.51. The van der Waals surface area contributed by atoms with Gasteiger partial charge in [-0.15, -0.1) is 11.3 Å². The van der Waals surface area contributed by atoms with Crippen LogP contribution in [0.25, 0.3) is 10.6 Å². The highest BCUT2D eigenvalue weighted by Gasteiger charge is 2.34. The lowest BCUT2D eigenvalue weighted by atomic mass is 10.3. The number of alkyl halides is 3. The van der Waals surface area contributed by atoms with Crippen molar-refractivity contribution in [1.29, 1.82) is 0 Å². The van der Waals surface area contributed by atoms with Gasteiger partial charge in [0, 0.05) is 18.9 Å². The Labute approximate surface area is 161 Å². The number of hydrogen-bond acceptors (Lipinski definition) is 6. The second-order valence-corrected chi connectivity index (χ2v) is 7.21. The molecule has 0 bridgehead atoms. The summed E-state index contributed by atoms with van der Waals surface area (Å²) < 4.78 is 39.3. The molecule has 0 saturated heterocycles. The molecule has 10 heteroatoms. The standard InChI is InChI=1S/C17H13F3N4OS2/c18-17(19,20)14-8-12(13-2-1-7-26-13)23-16(24-14)27-10-15(25)22-9-11-3-5-21-6-4-11/h1-8H,9-10H2,(H,22,25). The van der Waals surface area contributed by atoms with Gasteiger partial charge in [0.15, 0.2) is 5.16 Å². The highest BCUT2D eigenvalue weighted by molar-refractivity contribution is 7.99. The van der Waals surface area contributed by atoms with Crippen molar-refractivity contribution in [3.63, 3.8) is 0 Å². The normalized spacial score (nSPS) is 11.4. The van der Waals surface area contributed by atoms with Crippen molar-refractivity contribution in [2.24, 2.45) is 0 Å². The Balaban J connectivity index is 1.68. The molecule has 0 aliphatic heterocycles. The molecule has 27 heavy (non-hydrogen) atoms. The number of amides is 1. The number of thioether (sulfide) groups is 1. The number of carbonyl (C=O) groups excluding carboxylic acids is 1. The molecule has 3 rings (SSSR count). The largest absolute Gasteiger partial charge is 0.433 e. The molecule has 5 nitrogen and oxygen atoms in total. The van der Waals surface area contributed by atoms with Gasteiger partial charge < -0.3 is 5.32 Å². The molecule has 0 atom stereocenters. The zero-order chi connectivity index (χ0) is 19.3. The molecule has 0 unspecified atom stereocenters. The summed E-state index contributed by atoms with van der Waals surface area (Å²) in [7, 11) is 0. The van der Waals surface area contributed by atoms with Gasteiger partial charge in [0.25, 0.3) is 0 Å². The van der Waals surface area contributed by atoms with Gasteiger partial charge in [-0.05, 0) is 35.2 Å². The first-order valence-corrected chi connectivity index (χ1v) is 9.57. The zero-order valence-corrected chi connectivity index (χ0v) is 15.4. The van der Waals surface area contributed by atoms with E-state index in [2.05, 4.69) is 20.3 Å². The lowest BCUT2D eigenvalue weighted by molar-refractivity contribution is -0.141. The van der Waals surface area contributed by atoms with E-state index < -0.39 is 11.9 Å². The summed E-state index contributed by atoms with van der Waals surface area (Å²) >= 11 is 2.15. The van der Waals surface area contributed by atoms with E-state index in [0.29, 0.717) is 11.4 Å². The fraction of sp³-hybridized carbons (Fsp3) is 0.176. The van der Waals surface area contributed by atoms with Crippen LogP contribution in [0.4, 0.5) is 13.2 Å². The Kier molecular flexibility index (Phi) is 6.07. The number of nitrogens with one attached hydrogen (secondary N) is 1. The number of aromatic nitrogens is 3. The Morgan fingerprint density at radius 3 is 2.63 bits per heavy atom. The Morgan fingerprint density at radius 2 is 1.96 bits per heavy atom. The molecular weight excluding hydrogens is 397 g/mol. The lowest BCUT2D eigenvalue weighted by Crippen LogP contribution is -2.24. The van der Waals surface area contributed by atoms with Crippen LogP contribution in [0.5, 0.6) is 0 Å². The van der Waals surface area contributed by atoms with E-state index >= 15 is 0 Å². The van der Waals surface area contributed by atoms with Crippen molar-refractivity contribution in [2.45, 2.75) is 17.9 Å². The van der Waals surface area contributed by atoms with Crippen molar-refractivity contribution in [3.8, 4) is 10.6 Å². The van der Waals surface area contributed by atoms with E-state index in [4.69, 9.17) is 0 Å². The van der Waals surface area contributed by atoms with Crippen LogP contribution in [0.15, 0.2) is 53.3 Å². The topological polar surface area (TPSA) is 67.8 Å². The van der Waals surface area contributed by atoms with Gasteiger partial charge in [-0.2, -0.15) is 13.2 Å². The van der Waals surface area contributed by atoms with Crippen molar-refractivity contribution in [3.05, 3.63) is 59.4 Å². The average molecular weight is 410 g/mol. The number of carbonyl (C=O) groups is 1. The van der Waals surface area contributed by atoms with E-state index in [1.807, 2.05) is 0 Å². The summed E-state index contributed by atoms with van der Waals surface area (Å²) in [6, 6.07) is 7.85. The summed E-state index contributed by atoms with van der Waals surface area (Å²) in [6.45, 7) is 0.311. The molecule has 140 valence electrons. The number of hydrogen-bond donors (Lipinski definition) is 1. The van der Waals surface area contributed by atoms with Gasteiger partial charge in [0.05, 0.1) is 16.3 Å². The van der Waals surface area contributed by atoms with E-state index in [1.54, 1.807) is 42.0 Å². The highest BCUT2D eigenvalue weighted by atomic mass is 32.2. The SMILES string of the molecule is O=C(CSc1nc(-c2cccs2)cc(C(F)(F)F)n1)NCc1ccncc1. The molecule has 1 N–H and O–H groups in total. The van der Waals surface area contributed by atoms with Crippen molar-refractivity contribution in [2.75, 3.05) is 5.75 Å². The smallest absolute Gasteiger partial charge is 0.351 e. The maximum atomic E-state index is 13.1. The molecule has 0 saturated carbocycles. The van der Waals surface area contributed by atoms with Crippen LogP contribution in [0.3, 0.4) is 0 Å². The molecule has 0 aromatic carbocycles. The van der Waals surface area contributed by atoms with Crippen LogP contribution in [0, 0.1) is 0 Å². The molecule has 3 aromatic rings. The minimum atomic E-state index is -4.59. The van der Waals surface area contributed by atoms with Gasteiger partial charge in [-0.3, -0.25) is 9.78 Å². The predicted molar refractivity (Wildman–Crippen MR) is 97.2 cm³/mol. The van der Waals surface area contributed by atoms with Crippen LogP contribution in [-0.2, 0) is 17.5 Å². The van der Waals surface area contributed by atoms with Crippen LogP contribution in [-0.4, -0.2) is 26.6 Å². The number of pyridine rings is 1. The third-order valence-corrected chi connectivity index (χ3v) is 5.08. The van der Waals surface area contributed by atoms with E-state index in [0.717, 1.165) is 23.4 Å². The first-order chi connectivity index (χ1) is 12.9. The molecular formula is C17H13F3N4OS2. The summed E-state index contributed by atoms with van der Waals surface area (Å²) in [5.74, 6) is -0.411. The molecule has 3 aromatic heterocycles. The maximum Gasteiger partial charge on any atom is 0.433 e. The van der Waals surface area contributed by atoms with Gasteiger partial charge >= 0.3 is 6.18 Å². The minimum Gasteiger partial charge on any atom is -0.351 e. The van der Waals surface area contributed by atoms with Crippen LogP contribution in [0.2, 0.25) is 0 Å². The number of thiophene rings is 1. The number of nitrogens with zero attached hydrogens (tertiary/aromatic N) is 3. The van der Waals surface area contributed by atoms with Gasteiger partial charge in [0.1, 0.15) is 5.69 Å². The Morgan fingerprint density at radius 1 is 1.19 bits per heavy atom. The molecule has 1 amide bonds. The van der Waals surface area contributed by atoms with Crippen LogP contribution >= 0.6 is 23.1 Å². The fourth-order valence-corrected chi connectivity index (χ4v) is 3.44. The Hall–Kier alpha value is -2.46.